The lowest BCUT2D eigenvalue weighted by Gasteiger charge is -2.37. The summed E-state index contributed by atoms with van der Waals surface area (Å²) in [5.41, 5.74) is 1.53. The molecular weight excluding hydrogens is 491 g/mol. The molecule has 0 saturated heterocycles. The molecule has 0 fully saturated rings. The smallest absolute Gasteiger partial charge is 0.254 e. The van der Waals surface area contributed by atoms with Gasteiger partial charge in [0.25, 0.3) is 5.91 Å². The van der Waals surface area contributed by atoms with Gasteiger partial charge in [0.15, 0.2) is 11.6 Å². The van der Waals surface area contributed by atoms with Crippen LogP contribution in [0.25, 0.3) is 0 Å². The van der Waals surface area contributed by atoms with Crippen LogP contribution in [0.3, 0.4) is 0 Å². The third-order valence-electron chi connectivity index (χ3n) is 6.83. The number of hydrogen-bond donors (Lipinski definition) is 0. The Morgan fingerprint density at radius 3 is 2.62 bits per heavy atom. The number of carbonyl (C=O) groups excluding carboxylic acids is 2. The van der Waals surface area contributed by atoms with Gasteiger partial charge in [0.1, 0.15) is 18.9 Å². The first-order valence-corrected chi connectivity index (χ1v) is 13.5. The molecule has 196 valence electrons. The largest absolute Gasteiger partial charge is 0.497 e. The average molecular weight is 525 g/mol. The van der Waals surface area contributed by atoms with Crippen molar-refractivity contribution in [3.8, 4) is 11.5 Å². The van der Waals surface area contributed by atoms with E-state index >= 15 is 0 Å². The summed E-state index contributed by atoms with van der Waals surface area (Å²) >= 11 is 1.66. The van der Waals surface area contributed by atoms with Crippen LogP contribution in [0.2, 0.25) is 0 Å². The number of thiophene rings is 1. The zero-order valence-electron chi connectivity index (χ0n) is 21.5. The van der Waals surface area contributed by atoms with Gasteiger partial charge in [-0.1, -0.05) is 32.4 Å². The zero-order chi connectivity index (χ0) is 26.4. The van der Waals surface area contributed by atoms with Crippen molar-refractivity contribution >= 4 is 23.2 Å². The van der Waals surface area contributed by atoms with Crippen LogP contribution in [-0.2, 0) is 11.2 Å². The third-order valence-corrected chi connectivity index (χ3v) is 7.82. The van der Waals surface area contributed by atoms with Crippen molar-refractivity contribution in [1.82, 2.24) is 9.80 Å². The van der Waals surface area contributed by atoms with E-state index < -0.39 is 5.82 Å². The molecule has 1 aromatic heterocycles. The number of benzene rings is 2. The third kappa shape index (κ3) is 6.31. The Morgan fingerprint density at radius 2 is 1.92 bits per heavy atom. The number of ether oxygens (including phenoxy) is 2. The molecule has 2 aromatic carbocycles. The molecule has 0 spiro atoms. The molecule has 0 unspecified atom stereocenters. The highest BCUT2D eigenvalue weighted by Gasteiger charge is 2.34. The van der Waals surface area contributed by atoms with Crippen LogP contribution < -0.4 is 9.47 Å². The molecule has 0 saturated carbocycles. The fourth-order valence-electron chi connectivity index (χ4n) is 4.50. The molecular formula is C29H33FN2O4S. The molecule has 3 aromatic rings. The Morgan fingerprint density at radius 1 is 1.16 bits per heavy atom. The average Bonchev–Trinajstić information content (AvgIpc) is 3.41. The van der Waals surface area contributed by atoms with Crippen molar-refractivity contribution in [3.63, 3.8) is 0 Å². The van der Waals surface area contributed by atoms with Crippen LogP contribution in [0.5, 0.6) is 11.5 Å². The van der Waals surface area contributed by atoms with Gasteiger partial charge in [-0.25, -0.2) is 4.39 Å². The monoisotopic (exact) mass is 524 g/mol. The first-order chi connectivity index (χ1) is 17.9. The maximum Gasteiger partial charge on any atom is 0.254 e. The van der Waals surface area contributed by atoms with Crippen molar-refractivity contribution in [3.05, 3.63) is 81.8 Å². The number of para-hydroxylation sites is 1. The van der Waals surface area contributed by atoms with Crippen LogP contribution in [-0.4, -0.2) is 55.0 Å². The number of methoxy groups -OCH3 is 1. The number of amides is 2. The molecule has 8 heteroatoms. The predicted molar refractivity (Wildman–Crippen MR) is 143 cm³/mol. The number of nitrogens with zero attached hydrogens (tertiary/aromatic N) is 2. The van der Waals surface area contributed by atoms with E-state index in [4.69, 9.17) is 9.47 Å². The number of carbonyl (C=O) groups is 2. The Bertz CT molecular complexity index is 1210. The number of rotatable bonds is 10. The van der Waals surface area contributed by atoms with Crippen molar-refractivity contribution < 1.29 is 23.5 Å². The standard InChI is InChI=1S/C29H33FN2O4S/c1-4-20(2)17-31(29(34)21-9-11-22(35-3)12-10-21)18-28(33)32-15-13-27-23(14-16-37-27)25(32)19-36-26-8-6-5-7-24(26)30/h5-12,14,16,20,25H,4,13,15,17-19H2,1-3H3/t20-,25-/m1/s1. The van der Waals surface area contributed by atoms with E-state index in [1.165, 1.54) is 10.9 Å². The molecule has 1 aliphatic heterocycles. The van der Waals surface area contributed by atoms with Gasteiger partial charge >= 0.3 is 0 Å². The summed E-state index contributed by atoms with van der Waals surface area (Å²) in [4.78, 5) is 31.8. The molecule has 2 heterocycles. The van der Waals surface area contributed by atoms with Crippen molar-refractivity contribution in [2.45, 2.75) is 32.7 Å². The van der Waals surface area contributed by atoms with E-state index in [1.807, 2.05) is 11.4 Å². The number of hydrogen-bond acceptors (Lipinski definition) is 5. The van der Waals surface area contributed by atoms with E-state index in [-0.39, 0.29) is 42.7 Å². The summed E-state index contributed by atoms with van der Waals surface area (Å²) in [6.07, 6.45) is 1.63. The van der Waals surface area contributed by atoms with Gasteiger partial charge in [-0.2, -0.15) is 0 Å². The predicted octanol–water partition coefficient (Wildman–Crippen LogP) is 5.59. The molecule has 2 atom stereocenters. The summed E-state index contributed by atoms with van der Waals surface area (Å²) in [7, 11) is 1.58. The van der Waals surface area contributed by atoms with Crippen molar-refractivity contribution in [2.24, 2.45) is 5.92 Å². The lowest BCUT2D eigenvalue weighted by molar-refractivity contribution is -0.135. The van der Waals surface area contributed by atoms with Crippen molar-refractivity contribution in [2.75, 3.05) is 33.4 Å². The van der Waals surface area contributed by atoms with E-state index in [0.717, 1.165) is 18.4 Å². The Kier molecular flexibility index (Phi) is 8.82. The number of fused-ring (bicyclic) bond motifs is 1. The highest BCUT2D eigenvalue weighted by molar-refractivity contribution is 7.10. The molecule has 0 radical (unpaired) electrons. The fraction of sp³-hybridized carbons (Fsp3) is 0.379. The Hall–Kier alpha value is -3.39. The Balaban J connectivity index is 1.54. The second-order valence-electron chi connectivity index (χ2n) is 9.32. The molecule has 0 aliphatic carbocycles. The van der Waals surface area contributed by atoms with Gasteiger partial charge in [0, 0.05) is 23.5 Å². The minimum absolute atomic E-state index is 0.0368. The minimum Gasteiger partial charge on any atom is -0.497 e. The first kappa shape index (κ1) is 26.7. The van der Waals surface area contributed by atoms with Gasteiger partial charge in [-0.3, -0.25) is 9.59 Å². The van der Waals surface area contributed by atoms with Crippen LogP contribution in [0, 0.1) is 11.7 Å². The zero-order valence-corrected chi connectivity index (χ0v) is 22.3. The van der Waals surface area contributed by atoms with Gasteiger partial charge in [-0.15, -0.1) is 11.3 Å². The molecule has 2 amide bonds. The molecule has 6 nitrogen and oxygen atoms in total. The molecule has 0 bridgehead atoms. The fourth-order valence-corrected chi connectivity index (χ4v) is 5.43. The second-order valence-corrected chi connectivity index (χ2v) is 10.3. The van der Waals surface area contributed by atoms with E-state index in [1.54, 1.807) is 70.7 Å². The first-order valence-electron chi connectivity index (χ1n) is 12.6. The second kappa shape index (κ2) is 12.2. The van der Waals surface area contributed by atoms with E-state index in [0.29, 0.717) is 24.4 Å². The maximum absolute atomic E-state index is 14.2. The van der Waals surface area contributed by atoms with E-state index in [2.05, 4.69) is 13.8 Å². The molecule has 37 heavy (non-hydrogen) atoms. The lowest BCUT2D eigenvalue weighted by Crippen LogP contribution is -2.48. The van der Waals surface area contributed by atoms with Crippen LogP contribution in [0.15, 0.2) is 60.0 Å². The van der Waals surface area contributed by atoms with Crippen LogP contribution in [0.4, 0.5) is 4.39 Å². The normalized spacial score (nSPS) is 15.6. The maximum atomic E-state index is 14.2. The van der Waals surface area contributed by atoms with Gasteiger partial charge in [0.2, 0.25) is 5.91 Å². The highest BCUT2D eigenvalue weighted by atomic mass is 32.1. The van der Waals surface area contributed by atoms with Gasteiger partial charge < -0.3 is 19.3 Å². The quantitative estimate of drug-likeness (QED) is 0.347. The summed E-state index contributed by atoms with van der Waals surface area (Å²) in [6, 6.07) is 14.9. The van der Waals surface area contributed by atoms with Crippen LogP contribution >= 0.6 is 11.3 Å². The van der Waals surface area contributed by atoms with Gasteiger partial charge in [-0.05, 0) is 65.7 Å². The topological polar surface area (TPSA) is 59.1 Å². The lowest BCUT2D eigenvalue weighted by atomic mass is 10.00. The summed E-state index contributed by atoms with van der Waals surface area (Å²) in [5, 5.41) is 2.01. The molecule has 1 aliphatic rings. The highest BCUT2D eigenvalue weighted by Crippen LogP contribution is 2.34. The van der Waals surface area contributed by atoms with Gasteiger partial charge in [0.05, 0.1) is 13.2 Å². The van der Waals surface area contributed by atoms with Crippen LogP contribution in [0.1, 0.15) is 47.1 Å². The summed E-state index contributed by atoms with van der Waals surface area (Å²) in [6.45, 7) is 5.23. The number of halogens is 1. The summed E-state index contributed by atoms with van der Waals surface area (Å²) in [5.74, 6) is 0.281. The van der Waals surface area contributed by atoms with Crippen molar-refractivity contribution in [1.29, 1.82) is 0 Å². The summed E-state index contributed by atoms with van der Waals surface area (Å²) < 4.78 is 25.3. The Labute approximate surface area is 221 Å². The van der Waals surface area contributed by atoms with E-state index in [9.17, 15) is 14.0 Å². The minimum atomic E-state index is -0.438. The SMILES string of the molecule is CC[C@@H](C)CN(CC(=O)N1CCc2sccc2[C@H]1COc1ccccc1F)C(=O)c1ccc(OC)cc1. The molecule has 4 rings (SSSR count). The molecule has 0 N–H and O–H groups in total.